The van der Waals surface area contributed by atoms with E-state index >= 15 is 0 Å². The molecule has 0 radical (unpaired) electrons. The molecule has 0 unspecified atom stereocenters. The van der Waals surface area contributed by atoms with Crippen molar-refractivity contribution < 1.29 is 37.5 Å². The van der Waals surface area contributed by atoms with Crippen LogP contribution in [0.3, 0.4) is 0 Å². The highest BCUT2D eigenvalue weighted by Gasteiger charge is 2.47. The molecule has 0 amide bonds. The molecule has 2 spiro atoms. The van der Waals surface area contributed by atoms with Crippen molar-refractivity contribution >= 4 is 69.7 Å². The maximum absolute atomic E-state index is 12.6. The number of Topliss-reactive ketones (excluding diaryl/α,β-unsaturated/α-hetero) is 2. The van der Waals surface area contributed by atoms with E-state index in [9.17, 15) is 28.8 Å². The number of rotatable bonds is 7. The fraction of sp³-hybridized carbons (Fsp3) is 0.333. The molecule has 16 heteroatoms. The van der Waals surface area contributed by atoms with E-state index in [0.717, 1.165) is 68.6 Å². The number of H-pyrrole nitrogens is 2. The van der Waals surface area contributed by atoms with Crippen LogP contribution >= 0.6 is 24.0 Å². The van der Waals surface area contributed by atoms with E-state index in [4.69, 9.17) is 29.9 Å². The molecule has 14 nitrogen and oxygen atoms in total. The molecule has 0 bridgehead atoms. The molecule has 61 heavy (non-hydrogen) atoms. The molecule has 4 aliphatic heterocycles. The molecule has 0 saturated carbocycles. The Morgan fingerprint density at radius 1 is 0.639 bits per heavy atom. The number of esters is 2. The van der Waals surface area contributed by atoms with Crippen molar-refractivity contribution in [1.82, 2.24) is 20.2 Å². The summed E-state index contributed by atoms with van der Waals surface area (Å²) in [5.41, 5.74) is 5.62. The second-order valence-electron chi connectivity index (χ2n) is 14.9. The minimum absolute atomic E-state index is 0. The molecule has 4 aliphatic rings. The van der Waals surface area contributed by atoms with Gasteiger partial charge in [0.2, 0.25) is 0 Å². The molecule has 4 aromatic carbocycles. The summed E-state index contributed by atoms with van der Waals surface area (Å²) in [6.45, 7) is 4.00. The van der Waals surface area contributed by atoms with Gasteiger partial charge in [0.1, 0.15) is 11.2 Å². The molecule has 2 saturated heterocycles. The number of aromatic amines is 2. The van der Waals surface area contributed by atoms with E-state index in [1.807, 2.05) is 48.5 Å². The number of hydrogen-bond donors (Lipinski definition) is 3. The number of likely N-dealkylation sites (tertiary alicyclic amines) is 1. The lowest BCUT2D eigenvalue weighted by Crippen LogP contribution is -2.43. The van der Waals surface area contributed by atoms with Gasteiger partial charge in [-0.25, -0.2) is 19.2 Å². The quantitative estimate of drug-likeness (QED) is 0.0826. The Kier molecular flexibility index (Phi) is 13.8. The predicted octanol–water partition coefficient (Wildman–Crippen LogP) is 7.28. The van der Waals surface area contributed by atoms with Crippen LogP contribution in [0.25, 0.3) is 22.2 Å². The highest BCUT2D eigenvalue weighted by molar-refractivity contribution is 6.19. The molecule has 2 aromatic heterocycles. The number of halogens is 2. The molecule has 320 valence electrons. The molecular formula is C45H46Cl2N4O10. The maximum Gasteiger partial charge on any atom is 0.417 e. The highest BCUT2D eigenvalue weighted by atomic mass is 35.5. The van der Waals surface area contributed by atoms with Crippen LogP contribution in [0.4, 0.5) is 0 Å². The normalized spacial score (nSPS) is 16.8. The average molecular weight is 874 g/mol. The summed E-state index contributed by atoms with van der Waals surface area (Å²) >= 11 is 5.47. The second-order valence-corrected chi connectivity index (χ2v) is 15.3. The molecule has 0 atom stereocenters. The summed E-state index contributed by atoms with van der Waals surface area (Å²) in [6, 6.07) is 25.2. The van der Waals surface area contributed by atoms with Gasteiger partial charge >= 0.3 is 23.5 Å². The van der Waals surface area contributed by atoms with E-state index in [0.29, 0.717) is 51.9 Å². The summed E-state index contributed by atoms with van der Waals surface area (Å²) in [6.07, 6.45) is 3.88. The van der Waals surface area contributed by atoms with Crippen LogP contribution in [0.5, 0.6) is 0 Å². The first-order chi connectivity index (χ1) is 28.6. The van der Waals surface area contributed by atoms with E-state index in [1.54, 1.807) is 36.4 Å². The number of ketones is 2. The predicted molar refractivity (Wildman–Crippen MR) is 231 cm³/mol. The summed E-state index contributed by atoms with van der Waals surface area (Å²) < 4.78 is 21.2. The minimum Gasteiger partial charge on any atom is -0.450 e. The molecule has 0 aliphatic carbocycles. The molecule has 2 fully saturated rings. The maximum atomic E-state index is 12.6. The van der Waals surface area contributed by atoms with Crippen molar-refractivity contribution in [3.05, 3.63) is 139 Å². The van der Waals surface area contributed by atoms with Gasteiger partial charge in [-0.3, -0.25) is 19.6 Å². The molecule has 10 rings (SSSR count). The van der Waals surface area contributed by atoms with Crippen LogP contribution in [0, 0.1) is 0 Å². The van der Waals surface area contributed by atoms with Gasteiger partial charge in [0, 0.05) is 86.3 Å². The average Bonchev–Trinajstić information content (AvgIpc) is 3.97. The van der Waals surface area contributed by atoms with Crippen LogP contribution in [0.2, 0.25) is 0 Å². The number of nitrogens with zero attached hydrogens (tertiary/aromatic N) is 1. The standard InChI is InChI=1S/C22H20N2O5.C12H13NO2.C10H8ClNO3.CH4.ClH/c25-18(14-5-6-17-19(13-14)28-21(27)23-17)7-10-24-11-8-22(9-12-24)16-4-2-1-3-15(16)20(26)29-22;14-11-9-3-1-2-4-10(9)12(15-11)5-7-13-8-6-12;11-4-3-8(13)6-1-2-7-9(5-6)15-10(14)12-7;;/h1-6,13H,7-12H2,(H,23,27);1-4,13H,5-8H2;1-2,5H,3-4H2,(H,12,14);1H4;1H. The van der Waals surface area contributed by atoms with Gasteiger partial charge in [-0.15, -0.1) is 24.0 Å². The lowest BCUT2D eigenvalue weighted by atomic mass is 9.83. The van der Waals surface area contributed by atoms with Gasteiger partial charge in [-0.2, -0.15) is 0 Å². The number of hydrogen-bond acceptors (Lipinski definition) is 12. The number of piperidine rings is 2. The Morgan fingerprint density at radius 3 is 1.59 bits per heavy atom. The number of carbonyl (C=O) groups excluding carboxylic acids is 4. The van der Waals surface area contributed by atoms with Gasteiger partial charge in [0.25, 0.3) is 0 Å². The summed E-state index contributed by atoms with van der Waals surface area (Å²) in [5.74, 6) is -1.21. The highest BCUT2D eigenvalue weighted by Crippen LogP contribution is 2.44. The first kappa shape index (κ1) is 44.7. The van der Waals surface area contributed by atoms with Crippen LogP contribution in [-0.2, 0) is 20.7 Å². The van der Waals surface area contributed by atoms with Crippen molar-refractivity contribution in [1.29, 1.82) is 0 Å². The fourth-order valence-corrected chi connectivity index (χ4v) is 8.45. The van der Waals surface area contributed by atoms with Crippen molar-refractivity contribution in [2.24, 2.45) is 0 Å². The number of alkyl halides is 1. The Morgan fingerprint density at radius 2 is 1.10 bits per heavy atom. The fourth-order valence-electron chi connectivity index (χ4n) is 8.27. The minimum atomic E-state index is -0.527. The summed E-state index contributed by atoms with van der Waals surface area (Å²) in [4.78, 5) is 77.3. The van der Waals surface area contributed by atoms with E-state index in [1.165, 1.54) is 0 Å². The van der Waals surface area contributed by atoms with Gasteiger partial charge in [-0.05, 0) is 61.6 Å². The first-order valence-corrected chi connectivity index (χ1v) is 20.1. The van der Waals surface area contributed by atoms with Crippen LogP contribution < -0.4 is 16.8 Å². The van der Waals surface area contributed by atoms with Gasteiger partial charge < -0.3 is 28.5 Å². The van der Waals surface area contributed by atoms with Gasteiger partial charge in [-0.1, -0.05) is 43.8 Å². The summed E-state index contributed by atoms with van der Waals surface area (Å²) in [7, 11) is 0. The van der Waals surface area contributed by atoms with Crippen LogP contribution in [0.15, 0.2) is 103 Å². The Hall–Kier alpha value is -5.80. The molecule has 3 N–H and O–H groups in total. The third-order valence-corrected chi connectivity index (χ3v) is 11.6. The largest absolute Gasteiger partial charge is 0.450 e. The number of carbonyl (C=O) groups is 4. The lowest BCUT2D eigenvalue weighted by Gasteiger charge is -2.38. The summed E-state index contributed by atoms with van der Waals surface area (Å²) in [5, 5.41) is 3.29. The number of ether oxygens (including phenoxy) is 2. The zero-order chi connectivity index (χ0) is 41.1. The number of aromatic nitrogens is 2. The molecular weight excluding hydrogens is 827 g/mol. The van der Waals surface area contributed by atoms with E-state index < -0.39 is 17.1 Å². The number of benzene rings is 4. The number of fused-ring (bicyclic) bond motifs is 6. The Bertz CT molecular complexity index is 2680. The third kappa shape index (κ3) is 9.27. The Balaban J connectivity index is 0.000000165. The van der Waals surface area contributed by atoms with E-state index in [-0.39, 0.29) is 61.2 Å². The van der Waals surface area contributed by atoms with Crippen molar-refractivity contribution in [3.8, 4) is 0 Å². The molecule has 6 aromatic rings. The van der Waals surface area contributed by atoms with Crippen LogP contribution in [-0.4, -0.2) is 77.0 Å². The number of oxazole rings is 2. The van der Waals surface area contributed by atoms with Gasteiger partial charge in [0.05, 0.1) is 22.2 Å². The topological polar surface area (TPSA) is 194 Å². The monoisotopic (exact) mass is 872 g/mol. The number of nitrogens with one attached hydrogen (secondary N) is 3. The lowest BCUT2D eigenvalue weighted by molar-refractivity contribution is -0.0426. The SMILES string of the molecule is C.Cl.O=C(CCCl)c1ccc2[nH]c(=O)oc2c1.O=C(CCN1CCC2(CC1)OC(=O)c1ccccc12)c1ccc2[nH]c(=O)oc2c1.O=C1OC2(CCNCC2)c2ccccc21. The smallest absolute Gasteiger partial charge is 0.417 e. The Labute approximate surface area is 361 Å². The third-order valence-electron chi connectivity index (χ3n) is 11.4. The van der Waals surface area contributed by atoms with Crippen molar-refractivity contribution in [3.63, 3.8) is 0 Å². The van der Waals surface area contributed by atoms with E-state index in [2.05, 4.69) is 20.2 Å². The molecule has 6 heterocycles. The van der Waals surface area contributed by atoms with Crippen LogP contribution in [0.1, 0.15) is 98.5 Å². The zero-order valence-corrected chi connectivity index (χ0v) is 34.0. The zero-order valence-electron chi connectivity index (χ0n) is 32.4. The second kappa shape index (κ2) is 18.9. The first-order valence-electron chi connectivity index (χ1n) is 19.5. The van der Waals surface area contributed by atoms with Crippen molar-refractivity contribution in [2.45, 2.75) is 57.2 Å². The van der Waals surface area contributed by atoms with Crippen molar-refractivity contribution in [2.75, 3.05) is 38.6 Å². The van der Waals surface area contributed by atoms with Gasteiger partial charge in [0.15, 0.2) is 22.7 Å².